The number of benzene rings is 3. The van der Waals surface area contributed by atoms with Crippen LogP contribution in [0.5, 0.6) is 0 Å². The Morgan fingerprint density at radius 2 is 1.50 bits per heavy atom. The smallest absolute Gasteiger partial charge is 0.00807 e. The first-order valence-corrected chi connectivity index (χ1v) is 7.37. The fraction of sp³-hybridized carbons (Fsp3) is 0.200. The number of hydrogen-bond donors (Lipinski definition) is 0. The first-order chi connectivity index (χ1) is 9.83. The molecule has 3 aromatic carbocycles. The summed E-state index contributed by atoms with van der Waals surface area (Å²) in [5.41, 5.74) is 4.36. The molecule has 1 aliphatic rings. The quantitative estimate of drug-likeness (QED) is 0.575. The van der Waals surface area contributed by atoms with E-state index in [1.165, 1.54) is 33.9 Å². The maximum absolute atomic E-state index is 2.31. The van der Waals surface area contributed by atoms with Gasteiger partial charge in [0.25, 0.3) is 0 Å². The van der Waals surface area contributed by atoms with Crippen LogP contribution in [0.3, 0.4) is 0 Å². The van der Waals surface area contributed by atoms with E-state index in [-0.39, 0.29) is 0 Å². The van der Waals surface area contributed by atoms with Crippen molar-refractivity contribution in [2.45, 2.75) is 25.2 Å². The third kappa shape index (κ3) is 1.92. The minimum absolute atomic E-state index is 0.698. The molecule has 0 nitrogen and oxygen atoms in total. The molecule has 20 heavy (non-hydrogen) atoms. The average molecular weight is 258 g/mol. The van der Waals surface area contributed by atoms with Crippen LogP contribution < -0.4 is 0 Å². The molecular weight excluding hydrogens is 240 g/mol. The van der Waals surface area contributed by atoms with E-state index in [2.05, 4.69) is 73.7 Å². The van der Waals surface area contributed by atoms with Crippen LogP contribution in [-0.4, -0.2) is 0 Å². The highest BCUT2D eigenvalue weighted by Gasteiger charge is 2.39. The van der Waals surface area contributed by atoms with Crippen LogP contribution in [0.4, 0.5) is 0 Å². The number of fused-ring (bicyclic) bond motifs is 1. The second-order valence-corrected chi connectivity index (χ2v) is 5.93. The summed E-state index contributed by atoms with van der Waals surface area (Å²) in [6, 6.07) is 24.5. The molecule has 0 heteroatoms. The van der Waals surface area contributed by atoms with Gasteiger partial charge in [-0.1, -0.05) is 72.3 Å². The molecule has 0 radical (unpaired) electrons. The Morgan fingerprint density at radius 3 is 2.35 bits per heavy atom. The van der Waals surface area contributed by atoms with Crippen LogP contribution in [0.1, 0.15) is 34.9 Å². The van der Waals surface area contributed by atoms with Crippen LogP contribution in [0, 0.1) is 6.92 Å². The van der Waals surface area contributed by atoms with Gasteiger partial charge in [-0.15, -0.1) is 0 Å². The van der Waals surface area contributed by atoms with Crippen molar-refractivity contribution in [2.75, 3.05) is 0 Å². The van der Waals surface area contributed by atoms with E-state index in [9.17, 15) is 0 Å². The van der Waals surface area contributed by atoms with Gasteiger partial charge in [0.2, 0.25) is 0 Å². The molecule has 0 bridgehead atoms. The van der Waals surface area contributed by atoms with Gasteiger partial charge in [0, 0.05) is 0 Å². The maximum atomic E-state index is 2.31. The molecular formula is C20H18. The fourth-order valence-corrected chi connectivity index (χ4v) is 3.29. The summed E-state index contributed by atoms with van der Waals surface area (Å²) < 4.78 is 0. The van der Waals surface area contributed by atoms with Gasteiger partial charge >= 0.3 is 0 Å². The van der Waals surface area contributed by atoms with Crippen molar-refractivity contribution in [3.8, 4) is 0 Å². The van der Waals surface area contributed by atoms with Crippen LogP contribution in [0.25, 0.3) is 10.8 Å². The van der Waals surface area contributed by atoms with Crippen molar-refractivity contribution in [3.63, 3.8) is 0 Å². The van der Waals surface area contributed by atoms with E-state index in [1.54, 1.807) is 0 Å². The summed E-state index contributed by atoms with van der Waals surface area (Å²) in [5.74, 6) is 1.41. The van der Waals surface area contributed by atoms with Crippen molar-refractivity contribution in [2.24, 2.45) is 0 Å². The fourth-order valence-electron chi connectivity index (χ4n) is 3.29. The summed E-state index contributed by atoms with van der Waals surface area (Å²) in [6.07, 6.45) is 1.29. The van der Waals surface area contributed by atoms with E-state index in [0.29, 0.717) is 11.8 Å². The highest BCUT2D eigenvalue weighted by atomic mass is 14.4. The molecule has 0 aromatic heterocycles. The predicted molar refractivity (Wildman–Crippen MR) is 85.2 cm³/mol. The van der Waals surface area contributed by atoms with Crippen molar-refractivity contribution in [1.82, 2.24) is 0 Å². The first kappa shape index (κ1) is 11.7. The zero-order valence-corrected chi connectivity index (χ0v) is 11.7. The lowest BCUT2D eigenvalue weighted by atomic mass is 9.98. The highest BCUT2D eigenvalue weighted by molar-refractivity contribution is 5.86. The molecule has 1 saturated carbocycles. The standard InChI is InChI=1S/C20H18/c1-14-9-11-16(12-10-14)19-13-20(19)18-8-4-6-15-5-2-3-7-17(15)18/h2-12,19-20H,13H2,1H3/t19-,20-/m1/s1. The summed E-state index contributed by atoms with van der Waals surface area (Å²) in [5, 5.41) is 2.79. The molecule has 0 spiro atoms. The van der Waals surface area contributed by atoms with Gasteiger partial charge in [0.1, 0.15) is 0 Å². The summed E-state index contributed by atoms with van der Waals surface area (Å²) in [4.78, 5) is 0. The van der Waals surface area contributed by atoms with Crippen molar-refractivity contribution < 1.29 is 0 Å². The number of rotatable bonds is 2. The van der Waals surface area contributed by atoms with Gasteiger partial charge in [0.15, 0.2) is 0 Å². The molecule has 3 aromatic rings. The van der Waals surface area contributed by atoms with E-state index < -0.39 is 0 Å². The Hall–Kier alpha value is -2.08. The second kappa shape index (κ2) is 4.49. The predicted octanol–water partition coefficient (Wildman–Crippen LogP) is 5.42. The minimum atomic E-state index is 0.698. The first-order valence-electron chi connectivity index (χ1n) is 7.37. The Bertz CT molecular complexity index is 747. The largest absolute Gasteiger partial charge is 0.0616 e. The summed E-state index contributed by atoms with van der Waals surface area (Å²) in [6.45, 7) is 2.15. The second-order valence-electron chi connectivity index (χ2n) is 5.93. The van der Waals surface area contributed by atoms with Crippen molar-refractivity contribution in [3.05, 3.63) is 83.4 Å². The van der Waals surface area contributed by atoms with Crippen LogP contribution in [0.15, 0.2) is 66.7 Å². The molecule has 0 aliphatic heterocycles. The zero-order chi connectivity index (χ0) is 13.5. The van der Waals surface area contributed by atoms with E-state index in [0.717, 1.165) is 0 Å². The Kier molecular flexibility index (Phi) is 2.63. The zero-order valence-electron chi connectivity index (χ0n) is 11.7. The lowest BCUT2D eigenvalue weighted by molar-refractivity contribution is 1.03. The Morgan fingerprint density at radius 1 is 0.750 bits per heavy atom. The molecule has 0 N–H and O–H groups in total. The average Bonchev–Trinajstić information content (AvgIpc) is 3.28. The molecule has 0 unspecified atom stereocenters. The highest BCUT2D eigenvalue weighted by Crippen LogP contribution is 2.55. The normalized spacial score (nSPS) is 21.1. The van der Waals surface area contributed by atoms with Crippen molar-refractivity contribution in [1.29, 1.82) is 0 Å². The monoisotopic (exact) mass is 258 g/mol. The van der Waals surface area contributed by atoms with Gasteiger partial charge in [-0.2, -0.15) is 0 Å². The molecule has 2 atom stereocenters. The summed E-state index contributed by atoms with van der Waals surface area (Å²) >= 11 is 0. The van der Waals surface area contributed by atoms with E-state index in [4.69, 9.17) is 0 Å². The Labute approximate surface area is 120 Å². The molecule has 0 saturated heterocycles. The minimum Gasteiger partial charge on any atom is -0.0616 e. The van der Waals surface area contributed by atoms with E-state index >= 15 is 0 Å². The molecule has 4 rings (SSSR count). The Balaban J connectivity index is 1.70. The van der Waals surface area contributed by atoms with Gasteiger partial charge in [-0.25, -0.2) is 0 Å². The molecule has 98 valence electrons. The SMILES string of the molecule is Cc1ccc([C@H]2C[C@@H]2c2cccc3ccccc23)cc1. The lowest BCUT2D eigenvalue weighted by Gasteiger charge is -2.06. The third-order valence-electron chi connectivity index (χ3n) is 4.52. The molecule has 0 amide bonds. The van der Waals surface area contributed by atoms with Crippen LogP contribution in [0.2, 0.25) is 0 Å². The van der Waals surface area contributed by atoms with Gasteiger partial charge in [-0.05, 0) is 47.1 Å². The van der Waals surface area contributed by atoms with Gasteiger partial charge < -0.3 is 0 Å². The van der Waals surface area contributed by atoms with Crippen LogP contribution >= 0.6 is 0 Å². The topological polar surface area (TPSA) is 0 Å². The molecule has 1 fully saturated rings. The maximum Gasteiger partial charge on any atom is -0.00807 e. The van der Waals surface area contributed by atoms with Gasteiger partial charge in [0.05, 0.1) is 0 Å². The molecule has 0 heterocycles. The third-order valence-corrected chi connectivity index (χ3v) is 4.52. The van der Waals surface area contributed by atoms with E-state index in [1.807, 2.05) is 0 Å². The van der Waals surface area contributed by atoms with Gasteiger partial charge in [-0.3, -0.25) is 0 Å². The van der Waals surface area contributed by atoms with Crippen LogP contribution in [-0.2, 0) is 0 Å². The number of hydrogen-bond acceptors (Lipinski definition) is 0. The molecule has 1 aliphatic carbocycles. The summed E-state index contributed by atoms with van der Waals surface area (Å²) in [7, 11) is 0. The lowest BCUT2D eigenvalue weighted by Crippen LogP contribution is -1.87. The number of aryl methyl sites for hydroxylation is 1. The van der Waals surface area contributed by atoms with Crippen molar-refractivity contribution >= 4 is 10.8 Å².